The van der Waals surface area contributed by atoms with Gasteiger partial charge in [-0.05, 0) is 37.1 Å². The molecule has 5 heteroatoms. The fourth-order valence-electron chi connectivity index (χ4n) is 1.77. The Morgan fingerprint density at radius 2 is 2.22 bits per heavy atom. The number of hydrogen-bond acceptors (Lipinski definition) is 3. The summed E-state index contributed by atoms with van der Waals surface area (Å²) >= 11 is 0. The number of hydrogen-bond donors (Lipinski definition) is 1. The van der Waals surface area contributed by atoms with Crippen molar-refractivity contribution in [1.82, 2.24) is 5.32 Å². The molecule has 0 bridgehead atoms. The Hall–Kier alpha value is -1.62. The van der Waals surface area contributed by atoms with Gasteiger partial charge < -0.3 is 14.8 Å². The third-order valence-corrected chi connectivity index (χ3v) is 2.71. The summed E-state index contributed by atoms with van der Waals surface area (Å²) in [4.78, 5) is 11.6. The van der Waals surface area contributed by atoms with E-state index >= 15 is 0 Å². The summed E-state index contributed by atoms with van der Waals surface area (Å²) < 4.78 is 23.2. The number of halogens is 1. The molecule has 1 aromatic rings. The minimum absolute atomic E-state index is 0.0878. The fraction of sp³-hybridized carbons (Fsp3) is 0.462. The van der Waals surface area contributed by atoms with Gasteiger partial charge in [-0.3, -0.25) is 4.79 Å². The maximum atomic E-state index is 12.6. The third kappa shape index (κ3) is 3.70. The van der Waals surface area contributed by atoms with E-state index in [0.29, 0.717) is 25.5 Å². The van der Waals surface area contributed by atoms with E-state index < -0.39 is 0 Å². The van der Waals surface area contributed by atoms with E-state index in [1.807, 2.05) is 0 Å². The van der Waals surface area contributed by atoms with E-state index in [1.54, 1.807) is 12.1 Å². The van der Waals surface area contributed by atoms with Gasteiger partial charge in [0.2, 0.25) is 5.91 Å². The molecule has 1 atom stereocenters. The maximum Gasteiger partial charge on any atom is 0.249 e. The van der Waals surface area contributed by atoms with Crippen molar-refractivity contribution < 1.29 is 18.7 Å². The Kier molecular flexibility index (Phi) is 4.52. The molecule has 0 saturated carbocycles. The summed E-state index contributed by atoms with van der Waals surface area (Å²) in [5.74, 6) is 0.201. The van der Waals surface area contributed by atoms with Gasteiger partial charge in [-0.25, -0.2) is 4.39 Å². The average molecular weight is 253 g/mol. The molecule has 1 heterocycles. The van der Waals surface area contributed by atoms with Crippen LogP contribution in [0.1, 0.15) is 12.8 Å². The predicted octanol–water partition coefficient (Wildman–Crippen LogP) is 1.50. The Morgan fingerprint density at radius 3 is 2.89 bits per heavy atom. The van der Waals surface area contributed by atoms with Gasteiger partial charge in [0.25, 0.3) is 0 Å². The van der Waals surface area contributed by atoms with Crippen LogP contribution in [0.5, 0.6) is 5.75 Å². The first-order valence-corrected chi connectivity index (χ1v) is 6.03. The molecule has 98 valence electrons. The lowest BCUT2D eigenvalue weighted by molar-refractivity contribution is -0.130. The number of carbonyl (C=O) groups is 1. The zero-order valence-corrected chi connectivity index (χ0v) is 10.0. The summed E-state index contributed by atoms with van der Waals surface area (Å²) in [5, 5.41) is 2.74. The molecule has 1 amide bonds. The number of nitrogens with one attached hydrogen (secondary N) is 1. The normalized spacial score (nSPS) is 18.6. The zero-order valence-electron chi connectivity index (χ0n) is 10.0. The van der Waals surface area contributed by atoms with Crippen LogP contribution < -0.4 is 10.1 Å². The van der Waals surface area contributed by atoms with Gasteiger partial charge in [0.15, 0.2) is 0 Å². The highest BCUT2D eigenvalue weighted by Gasteiger charge is 2.22. The molecule has 4 nitrogen and oxygen atoms in total. The maximum absolute atomic E-state index is 12.6. The molecule has 18 heavy (non-hydrogen) atoms. The van der Waals surface area contributed by atoms with Crippen LogP contribution in [0.4, 0.5) is 4.39 Å². The standard InChI is InChI=1S/C13H16FNO3/c14-10-3-5-11(6-4-10)17-9-7-15-13(16)12-2-1-8-18-12/h3-6,12H,1-2,7-9H2,(H,15,16)/t12-/m0/s1. The first-order chi connectivity index (χ1) is 8.75. The molecule has 0 aromatic heterocycles. The molecule has 0 unspecified atom stereocenters. The number of rotatable bonds is 5. The smallest absolute Gasteiger partial charge is 0.249 e. The number of amides is 1. The average Bonchev–Trinajstić information content (AvgIpc) is 2.90. The Labute approximate surface area is 105 Å². The molecular weight excluding hydrogens is 237 g/mol. The van der Waals surface area contributed by atoms with Gasteiger partial charge in [0, 0.05) is 6.61 Å². The van der Waals surface area contributed by atoms with E-state index in [1.165, 1.54) is 12.1 Å². The monoisotopic (exact) mass is 253 g/mol. The topological polar surface area (TPSA) is 47.6 Å². The minimum atomic E-state index is -0.309. The molecule has 1 aliphatic heterocycles. The van der Waals surface area contributed by atoms with Crippen LogP contribution in [0.3, 0.4) is 0 Å². The summed E-state index contributed by atoms with van der Waals surface area (Å²) in [6.07, 6.45) is 1.41. The van der Waals surface area contributed by atoms with E-state index in [4.69, 9.17) is 9.47 Å². The van der Waals surface area contributed by atoms with Crippen LogP contribution in [0.15, 0.2) is 24.3 Å². The molecule has 2 rings (SSSR count). The Balaban J connectivity index is 1.63. The van der Waals surface area contributed by atoms with Gasteiger partial charge in [-0.2, -0.15) is 0 Å². The second kappa shape index (κ2) is 6.35. The van der Waals surface area contributed by atoms with Gasteiger partial charge in [0.05, 0.1) is 6.54 Å². The molecule has 1 saturated heterocycles. The highest BCUT2D eigenvalue weighted by atomic mass is 19.1. The summed E-state index contributed by atoms with van der Waals surface area (Å²) in [6, 6.07) is 5.77. The van der Waals surface area contributed by atoms with Crippen molar-refractivity contribution in [1.29, 1.82) is 0 Å². The van der Waals surface area contributed by atoms with Crippen molar-refractivity contribution >= 4 is 5.91 Å². The lowest BCUT2D eigenvalue weighted by Gasteiger charge is -2.11. The fourth-order valence-corrected chi connectivity index (χ4v) is 1.77. The molecule has 1 N–H and O–H groups in total. The highest BCUT2D eigenvalue weighted by molar-refractivity contribution is 5.80. The van der Waals surface area contributed by atoms with Crippen molar-refractivity contribution in [2.45, 2.75) is 18.9 Å². The van der Waals surface area contributed by atoms with E-state index in [-0.39, 0.29) is 17.8 Å². The van der Waals surface area contributed by atoms with Gasteiger partial charge >= 0.3 is 0 Å². The first kappa shape index (κ1) is 12.8. The van der Waals surface area contributed by atoms with Crippen LogP contribution in [0.2, 0.25) is 0 Å². The van der Waals surface area contributed by atoms with Crippen LogP contribution >= 0.6 is 0 Å². The second-order valence-corrected chi connectivity index (χ2v) is 4.10. The molecular formula is C13H16FNO3. The Morgan fingerprint density at radius 1 is 1.44 bits per heavy atom. The van der Waals surface area contributed by atoms with E-state index in [9.17, 15) is 9.18 Å². The van der Waals surface area contributed by atoms with Crippen molar-refractivity contribution in [3.63, 3.8) is 0 Å². The van der Waals surface area contributed by atoms with E-state index in [0.717, 1.165) is 12.8 Å². The highest BCUT2D eigenvalue weighted by Crippen LogP contribution is 2.12. The quantitative estimate of drug-likeness (QED) is 0.809. The molecule has 1 fully saturated rings. The minimum Gasteiger partial charge on any atom is -0.492 e. The number of benzene rings is 1. The SMILES string of the molecule is O=C(NCCOc1ccc(F)cc1)[C@@H]1CCCO1. The Bertz CT molecular complexity index is 388. The van der Waals surface area contributed by atoms with Gasteiger partial charge in [-0.15, -0.1) is 0 Å². The van der Waals surface area contributed by atoms with Crippen molar-refractivity contribution in [2.75, 3.05) is 19.8 Å². The number of ether oxygens (including phenoxy) is 2. The molecule has 0 spiro atoms. The first-order valence-electron chi connectivity index (χ1n) is 6.03. The third-order valence-electron chi connectivity index (χ3n) is 2.71. The van der Waals surface area contributed by atoms with Crippen LogP contribution in [0.25, 0.3) is 0 Å². The zero-order chi connectivity index (χ0) is 12.8. The lowest BCUT2D eigenvalue weighted by atomic mass is 10.2. The summed E-state index contributed by atoms with van der Waals surface area (Å²) in [7, 11) is 0. The van der Waals surface area contributed by atoms with Crippen molar-refractivity contribution in [2.24, 2.45) is 0 Å². The van der Waals surface area contributed by atoms with Gasteiger partial charge in [-0.1, -0.05) is 0 Å². The molecule has 1 aliphatic rings. The van der Waals surface area contributed by atoms with E-state index in [2.05, 4.69) is 5.32 Å². The lowest BCUT2D eigenvalue weighted by Crippen LogP contribution is -2.36. The van der Waals surface area contributed by atoms with Gasteiger partial charge in [0.1, 0.15) is 24.3 Å². The molecule has 0 aliphatic carbocycles. The summed E-state index contributed by atoms with van der Waals surface area (Å²) in [6.45, 7) is 1.42. The molecule has 0 radical (unpaired) electrons. The van der Waals surface area contributed by atoms with Crippen LogP contribution in [-0.2, 0) is 9.53 Å². The number of carbonyl (C=O) groups excluding carboxylic acids is 1. The van der Waals surface area contributed by atoms with Crippen molar-refractivity contribution in [3.8, 4) is 5.75 Å². The second-order valence-electron chi connectivity index (χ2n) is 4.10. The predicted molar refractivity (Wildman–Crippen MR) is 63.9 cm³/mol. The van der Waals surface area contributed by atoms with Crippen LogP contribution in [0, 0.1) is 5.82 Å². The van der Waals surface area contributed by atoms with Crippen molar-refractivity contribution in [3.05, 3.63) is 30.1 Å². The molecule has 1 aromatic carbocycles. The largest absolute Gasteiger partial charge is 0.492 e. The summed E-state index contributed by atoms with van der Waals surface area (Å²) in [5.41, 5.74) is 0. The van der Waals surface area contributed by atoms with Crippen LogP contribution in [-0.4, -0.2) is 31.8 Å².